The minimum Gasteiger partial charge on any atom is -0.324 e. The van der Waals surface area contributed by atoms with Gasteiger partial charge in [0.2, 0.25) is 0 Å². The van der Waals surface area contributed by atoms with Crippen molar-refractivity contribution in [3.8, 4) is 0 Å². The van der Waals surface area contributed by atoms with Gasteiger partial charge < -0.3 is 5.73 Å². The van der Waals surface area contributed by atoms with Crippen LogP contribution in [-0.2, 0) is 6.18 Å². The monoisotopic (exact) mass is 323 g/mol. The number of halogens is 4. The highest BCUT2D eigenvalue weighted by Gasteiger charge is 2.34. The number of alkyl halides is 3. The SMILES string of the molecule is CC(C)CCC(N)c1ccc(Br)cc1C(F)(F)F. The van der Waals surface area contributed by atoms with Crippen LogP contribution in [0.3, 0.4) is 0 Å². The summed E-state index contributed by atoms with van der Waals surface area (Å²) >= 11 is 3.06. The molecule has 1 nitrogen and oxygen atoms in total. The molecule has 0 amide bonds. The third-order valence-corrected chi connectivity index (χ3v) is 3.27. The Bertz CT molecular complexity index is 402. The van der Waals surface area contributed by atoms with Gasteiger partial charge in [-0.25, -0.2) is 0 Å². The Kier molecular flexibility index (Phi) is 5.22. The third-order valence-electron chi connectivity index (χ3n) is 2.78. The first-order valence-corrected chi connectivity index (χ1v) is 6.63. The first kappa shape index (κ1) is 15.5. The highest BCUT2D eigenvalue weighted by atomic mass is 79.9. The van der Waals surface area contributed by atoms with Crippen molar-refractivity contribution in [2.75, 3.05) is 0 Å². The van der Waals surface area contributed by atoms with E-state index in [1.54, 1.807) is 6.07 Å². The second kappa shape index (κ2) is 6.06. The van der Waals surface area contributed by atoms with Gasteiger partial charge in [-0.3, -0.25) is 0 Å². The molecule has 5 heteroatoms. The molecule has 0 spiro atoms. The van der Waals surface area contributed by atoms with E-state index in [2.05, 4.69) is 15.9 Å². The van der Waals surface area contributed by atoms with E-state index < -0.39 is 17.8 Å². The fourth-order valence-electron chi connectivity index (χ4n) is 1.77. The summed E-state index contributed by atoms with van der Waals surface area (Å²) in [5.41, 5.74) is 5.40. The quantitative estimate of drug-likeness (QED) is 0.837. The van der Waals surface area contributed by atoms with Crippen molar-refractivity contribution in [3.05, 3.63) is 33.8 Å². The van der Waals surface area contributed by atoms with Crippen molar-refractivity contribution in [2.24, 2.45) is 11.7 Å². The van der Waals surface area contributed by atoms with Crippen molar-refractivity contribution in [3.63, 3.8) is 0 Å². The molecule has 0 bridgehead atoms. The topological polar surface area (TPSA) is 26.0 Å². The largest absolute Gasteiger partial charge is 0.416 e. The lowest BCUT2D eigenvalue weighted by atomic mass is 9.94. The predicted molar refractivity (Wildman–Crippen MR) is 70.1 cm³/mol. The fraction of sp³-hybridized carbons (Fsp3) is 0.538. The number of nitrogens with two attached hydrogens (primary N) is 1. The summed E-state index contributed by atoms with van der Waals surface area (Å²) in [7, 11) is 0. The molecule has 1 aromatic rings. The van der Waals surface area contributed by atoms with E-state index in [-0.39, 0.29) is 5.56 Å². The molecule has 1 atom stereocenters. The zero-order chi connectivity index (χ0) is 13.9. The third kappa shape index (κ3) is 4.28. The van der Waals surface area contributed by atoms with Gasteiger partial charge in [0, 0.05) is 10.5 Å². The number of hydrogen-bond acceptors (Lipinski definition) is 1. The first-order valence-electron chi connectivity index (χ1n) is 5.84. The van der Waals surface area contributed by atoms with Crippen LogP contribution in [0.15, 0.2) is 22.7 Å². The summed E-state index contributed by atoms with van der Waals surface area (Å²) in [6.45, 7) is 4.05. The molecule has 0 radical (unpaired) electrons. The summed E-state index contributed by atoms with van der Waals surface area (Å²) in [6, 6.07) is 3.57. The molecule has 18 heavy (non-hydrogen) atoms. The lowest BCUT2D eigenvalue weighted by molar-refractivity contribution is -0.138. The van der Waals surface area contributed by atoms with Crippen molar-refractivity contribution >= 4 is 15.9 Å². The molecule has 1 aromatic carbocycles. The molecule has 0 fully saturated rings. The van der Waals surface area contributed by atoms with Crippen molar-refractivity contribution in [1.82, 2.24) is 0 Å². The van der Waals surface area contributed by atoms with Crippen LogP contribution in [0.2, 0.25) is 0 Å². The molecular formula is C13H17BrF3N. The maximum atomic E-state index is 12.9. The maximum absolute atomic E-state index is 12.9. The Morgan fingerprint density at radius 2 is 1.83 bits per heavy atom. The van der Waals surface area contributed by atoms with Crippen LogP contribution >= 0.6 is 15.9 Å². The van der Waals surface area contributed by atoms with E-state index in [1.165, 1.54) is 6.07 Å². The van der Waals surface area contributed by atoms with Gasteiger partial charge in [0.05, 0.1) is 5.56 Å². The molecule has 0 aliphatic heterocycles. The summed E-state index contributed by atoms with van der Waals surface area (Å²) in [5, 5.41) is 0. The molecule has 0 saturated heterocycles. The normalized spacial score (nSPS) is 14.0. The molecule has 0 aliphatic rings. The fourth-order valence-corrected chi connectivity index (χ4v) is 2.13. The zero-order valence-corrected chi connectivity index (χ0v) is 12.0. The Balaban J connectivity index is 3.00. The summed E-state index contributed by atoms with van der Waals surface area (Å²) in [6.07, 6.45) is -2.99. The highest BCUT2D eigenvalue weighted by molar-refractivity contribution is 9.10. The zero-order valence-electron chi connectivity index (χ0n) is 10.4. The smallest absolute Gasteiger partial charge is 0.324 e. The molecule has 1 rings (SSSR count). The minimum absolute atomic E-state index is 0.173. The number of rotatable bonds is 4. The van der Waals surface area contributed by atoms with Crippen molar-refractivity contribution in [2.45, 2.75) is 38.9 Å². The molecule has 0 heterocycles. The standard InChI is InChI=1S/C13H17BrF3N/c1-8(2)3-6-12(18)10-5-4-9(14)7-11(10)13(15,16)17/h4-5,7-8,12H,3,6,18H2,1-2H3. The maximum Gasteiger partial charge on any atom is 0.416 e. The van der Waals surface area contributed by atoms with Crippen LogP contribution in [0.4, 0.5) is 13.2 Å². The van der Waals surface area contributed by atoms with Crippen LogP contribution in [-0.4, -0.2) is 0 Å². The number of benzene rings is 1. The Morgan fingerprint density at radius 3 is 2.33 bits per heavy atom. The van der Waals surface area contributed by atoms with Gasteiger partial charge in [0.15, 0.2) is 0 Å². The average molecular weight is 324 g/mol. The first-order chi connectivity index (χ1) is 8.21. The van der Waals surface area contributed by atoms with Crippen LogP contribution in [0.1, 0.15) is 43.9 Å². The van der Waals surface area contributed by atoms with Crippen molar-refractivity contribution in [1.29, 1.82) is 0 Å². The summed E-state index contributed by atoms with van der Waals surface area (Å²) in [5.74, 6) is 0.431. The summed E-state index contributed by atoms with van der Waals surface area (Å²) < 4.78 is 39.1. The van der Waals surface area contributed by atoms with Crippen LogP contribution in [0.5, 0.6) is 0 Å². The van der Waals surface area contributed by atoms with Gasteiger partial charge in [-0.05, 0) is 36.5 Å². The van der Waals surface area contributed by atoms with Gasteiger partial charge >= 0.3 is 6.18 Å². The summed E-state index contributed by atoms with van der Waals surface area (Å²) in [4.78, 5) is 0. The van der Waals surface area contributed by atoms with Crippen molar-refractivity contribution < 1.29 is 13.2 Å². The van der Waals surface area contributed by atoms with E-state index in [9.17, 15) is 13.2 Å². The van der Waals surface area contributed by atoms with Gasteiger partial charge in [0.1, 0.15) is 0 Å². The Labute approximate surface area is 114 Å². The molecule has 0 aromatic heterocycles. The predicted octanol–water partition coefficient (Wildman–Crippen LogP) is 4.90. The molecular weight excluding hydrogens is 307 g/mol. The van der Waals surface area contributed by atoms with E-state index in [0.29, 0.717) is 16.8 Å². The van der Waals surface area contributed by atoms with Gasteiger partial charge in [-0.15, -0.1) is 0 Å². The average Bonchev–Trinajstić information content (AvgIpc) is 2.24. The van der Waals surface area contributed by atoms with E-state index in [1.807, 2.05) is 13.8 Å². The van der Waals surface area contributed by atoms with Crippen LogP contribution in [0, 0.1) is 5.92 Å². The van der Waals surface area contributed by atoms with Gasteiger partial charge in [0.25, 0.3) is 0 Å². The van der Waals surface area contributed by atoms with E-state index in [0.717, 1.165) is 12.5 Å². The van der Waals surface area contributed by atoms with Gasteiger partial charge in [-0.2, -0.15) is 13.2 Å². The minimum atomic E-state index is -4.37. The second-order valence-corrected chi connectivity index (χ2v) is 5.72. The van der Waals surface area contributed by atoms with E-state index >= 15 is 0 Å². The highest BCUT2D eigenvalue weighted by Crippen LogP contribution is 2.36. The molecule has 102 valence electrons. The number of hydrogen-bond donors (Lipinski definition) is 1. The molecule has 0 saturated carbocycles. The van der Waals surface area contributed by atoms with E-state index in [4.69, 9.17) is 5.73 Å². The van der Waals surface area contributed by atoms with Crippen LogP contribution in [0.25, 0.3) is 0 Å². The molecule has 2 N–H and O–H groups in total. The lowest BCUT2D eigenvalue weighted by Crippen LogP contribution is -2.18. The lowest BCUT2D eigenvalue weighted by Gasteiger charge is -2.19. The molecule has 0 aliphatic carbocycles. The Hall–Kier alpha value is -0.550. The second-order valence-electron chi connectivity index (χ2n) is 4.81. The molecule has 1 unspecified atom stereocenters. The Morgan fingerprint density at radius 1 is 1.22 bits per heavy atom. The van der Waals surface area contributed by atoms with Crippen LogP contribution < -0.4 is 5.73 Å². The van der Waals surface area contributed by atoms with Gasteiger partial charge in [-0.1, -0.05) is 35.8 Å².